The number of carbonyl (C=O) groups is 1. The van der Waals surface area contributed by atoms with Crippen molar-refractivity contribution in [1.29, 1.82) is 0 Å². The van der Waals surface area contributed by atoms with Crippen LogP contribution in [0.15, 0.2) is 48.5 Å². The highest BCUT2D eigenvalue weighted by molar-refractivity contribution is 7.21. The van der Waals surface area contributed by atoms with Crippen LogP contribution in [-0.4, -0.2) is 15.8 Å². The van der Waals surface area contributed by atoms with Gasteiger partial charge >= 0.3 is 0 Å². The molecule has 1 heterocycles. The van der Waals surface area contributed by atoms with Crippen molar-refractivity contribution in [1.82, 2.24) is 4.98 Å². The van der Waals surface area contributed by atoms with Crippen LogP contribution in [-0.2, 0) is 0 Å². The Morgan fingerprint density at radius 2 is 1.74 bits per heavy atom. The van der Waals surface area contributed by atoms with E-state index in [1.54, 1.807) is 24.3 Å². The van der Waals surface area contributed by atoms with Gasteiger partial charge in [-0.25, -0.2) is 22.5 Å². The Hall–Kier alpha value is -3.86. The molecule has 4 aromatic rings. The fraction of sp³-hybridized carbons (Fsp3) is 0. The summed E-state index contributed by atoms with van der Waals surface area (Å²) in [5.41, 5.74) is -0.714. The molecule has 0 fully saturated rings. The zero-order valence-electron chi connectivity index (χ0n) is 15.2. The van der Waals surface area contributed by atoms with E-state index in [9.17, 15) is 32.5 Å². The van der Waals surface area contributed by atoms with Crippen molar-refractivity contribution in [2.24, 2.45) is 0 Å². The number of nitro groups is 1. The minimum atomic E-state index is -2.14. The van der Waals surface area contributed by atoms with Crippen LogP contribution < -0.4 is 5.32 Å². The number of aromatic nitrogens is 1. The summed E-state index contributed by atoms with van der Waals surface area (Å²) in [5.74, 6) is -9.16. The summed E-state index contributed by atoms with van der Waals surface area (Å²) in [6.45, 7) is 0. The molecule has 0 saturated carbocycles. The summed E-state index contributed by atoms with van der Waals surface area (Å²) in [6, 6.07) is 10.9. The lowest BCUT2D eigenvalue weighted by Gasteiger charge is -2.11. The third-order valence-corrected chi connectivity index (χ3v) is 5.40. The molecule has 0 radical (unpaired) electrons. The second kappa shape index (κ2) is 7.76. The quantitative estimate of drug-likeness (QED) is 0.143. The average molecular weight is 447 g/mol. The smallest absolute Gasteiger partial charge is 0.271 e. The molecular formula is C20H9F4N3O3S. The van der Waals surface area contributed by atoms with Crippen LogP contribution >= 0.6 is 11.3 Å². The van der Waals surface area contributed by atoms with Gasteiger partial charge in [0.15, 0.2) is 23.3 Å². The normalized spacial score (nSPS) is 11.0. The molecule has 6 nitrogen and oxygen atoms in total. The van der Waals surface area contributed by atoms with Crippen molar-refractivity contribution in [3.8, 4) is 10.6 Å². The summed E-state index contributed by atoms with van der Waals surface area (Å²) >= 11 is 1.24. The predicted molar refractivity (Wildman–Crippen MR) is 106 cm³/mol. The van der Waals surface area contributed by atoms with Gasteiger partial charge in [0.2, 0.25) is 0 Å². The summed E-state index contributed by atoms with van der Waals surface area (Å²) in [4.78, 5) is 27.3. The molecule has 0 saturated heterocycles. The molecule has 1 aromatic heterocycles. The van der Waals surface area contributed by atoms with E-state index < -0.39 is 45.4 Å². The minimum Gasteiger partial charge on any atom is -0.321 e. The molecule has 0 aliphatic carbocycles. The third kappa shape index (κ3) is 3.70. The molecule has 0 aliphatic heterocycles. The Morgan fingerprint density at radius 3 is 2.45 bits per heavy atom. The average Bonchev–Trinajstić information content (AvgIpc) is 3.18. The van der Waals surface area contributed by atoms with Crippen molar-refractivity contribution in [2.45, 2.75) is 0 Å². The number of benzene rings is 3. The number of anilines is 1. The number of halogens is 4. The zero-order chi connectivity index (χ0) is 22.3. The van der Waals surface area contributed by atoms with E-state index in [1.165, 1.54) is 23.5 Å². The number of thiazole rings is 1. The second-order valence-electron chi connectivity index (χ2n) is 6.28. The summed E-state index contributed by atoms with van der Waals surface area (Å²) in [7, 11) is 0. The molecule has 1 N–H and O–H groups in total. The number of fused-ring (bicyclic) bond motifs is 1. The Bertz CT molecular complexity index is 1340. The van der Waals surface area contributed by atoms with Gasteiger partial charge in [0, 0.05) is 17.7 Å². The largest absolute Gasteiger partial charge is 0.321 e. The van der Waals surface area contributed by atoms with Crippen LogP contribution in [0.25, 0.3) is 20.8 Å². The van der Waals surface area contributed by atoms with Gasteiger partial charge in [0.25, 0.3) is 11.6 Å². The Morgan fingerprint density at radius 1 is 1.00 bits per heavy atom. The first-order valence-corrected chi connectivity index (χ1v) is 9.36. The van der Waals surface area contributed by atoms with Gasteiger partial charge in [-0.2, -0.15) is 0 Å². The van der Waals surface area contributed by atoms with Crippen molar-refractivity contribution < 1.29 is 27.3 Å². The standard InChI is InChI=1S/C20H9F4N3O3S/c21-12-8-11(16(22)18(24)17(12)23)19(28)25-14-7-9(27(29)30)5-6-10(14)20-26-13-3-1-2-4-15(13)31-20/h1-8H,(H,25,28). The molecule has 0 spiro atoms. The summed E-state index contributed by atoms with van der Waals surface area (Å²) in [6.07, 6.45) is 0. The molecule has 4 rings (SSSR count). The summed E-state index contributed by atoms with van der Waals surface area (Å²) < 4.78 is 55.0. The van der Waals surface area contributed by atoms with Gasteiger partial charge in [-0.3, -0.25) is 14.9 Å². The van der Waals surface area contributed by atoms with E-state index in [0.717, 1.165) is 10.8 Å². The SMILES string of the molecule is O=C(Nc1cc([N+](=O)[O-])ccc1-c1nc2ccccc2s1)c1cc(F)c(F)c(F)c1F. The van der Waals surface area contributed by atoms with Gasteiger partial charge in [-0.15, -0.1) is 11.3 Å². The third-order valence-electron chi connectivity index (χ3n) is 4.33. The van der Waals surface area contributed by atoms with Gasteiger partial charge in [0.05, 0.1) is 26.4 Å². The molecule has 1 amide bonds. The maximum absolute atomic E-state index is 14.0. The maximum Gasteiger partial charge on any atom is 0.271 e. The lowest BCUT2D eigenvalue weighted by molar-refractivity contribution is -0.384. The molecule has 156 valence electrons. The minimum absolute atomic E-state index is 0.136. The second-order valence-corrected chi connectivity index (χ2v) is 7.31. The lowest BCUT2D eigenvalue weighted by atomic mass is 10.1. The molecule has 0 unspecified atom stereocenters. The zero-order valence-corrected chi connectivity index (χ0v) is 16.0. The van der Waals surface area contributed by atoms with E-state index in [2.05, 4.69) is 10.3 Å². The molecular weight excluding hydrogens is 438 g/mol. The number of nitro benzene ring substituents is 1. The number of hydrogen-bond donors (Lipinski definition) is 1. The van der Waals surface area contributed by atoms with Gasteiger partial charge in [-0.1, -0.05) is 12.1 Å². The highest BCUT2D eigenvalue weighted by Crippen LogP contribution is 2.36. The monoisotopic (exact) mass is 447 g/mol. The van der Waals surface area contributed by atoms with Crippen molar-refractivity contribution >= 4 is 38.8 Å². The van der Waals surface area contributed by atoms with Gasteiger partial charge in [-0.05, 0) is 24.3 Å². The number of carbonyl (C=O) groups excluding carboxylic acids is 1. The van der Waals surface area contributed by atoms with Gasteiger partial charge < -0.3 is 5.32 Å². The predicted octanol–water partition coefficient (Wildman–Crippen LogP) is 5.68. The Labute approximate surface area is 174 Å². The number of nitrogens with zero attached hydrogens (tertiary/aromatic N) is 2. The molecule has 0 atom stereocenters. The van der Waals surface area contributed by atoms with Crippen LogP contribution in [0.1, 0.15) is 10.4 Å². The maximum atomic E-state index is 14.0. The van der Waals surface area contributed by atoms with Crippen molar-refractivity contribution in [3.63, 3.8) is 0 Å². The van der Waals surface area contributed by atoms with Crippen LogP contribution in [0, 0.1) is 33.4 Å². The van der Waals surface area contributed by atoms with E-state index in [1.807, 2.05) is 0 Å². The lowest BCUT2D eigenvalue weighted by Crippen LogP contribution is -2.17. The van der Waals surface area contributed by atoms with E-state index in [0.29, 0.717) is 10.5 Å². The molecule has 3 aromatic carbocycles. The topological polar surface area (TPSA) is 85.1 Å². The Balaban J connectivity index is 1.81. The Kier molecular flexibility index (Phi) is 5.11. The van der Waals surface area contributed by atoms with Crippen LogP contribution in [0.5, 0.6) is 0 Å². The first-order valence-electron chi connectivity index (χ1n) is 8.55. The van der Waals surface area contributed by atoms with Crippen LogP contribution in [0.3, 0.4) is 0 Å². The van der Waals surface area contributed by atoms with E-state index in [-0.39, 0.29) is 17.3 Å². The van der Waals surface area contributed by atoms with Crippen LogP contribution in [0.2, 0.25) is 0 Å². The number of nitrogens with one attached hydrogen (secondary N) is 1. The highest BCUT2D eigenvalue weighted by Gasteiger charge is 2.24. The first-order chi connectivity index (χ1) is 14.8. The van der Waals surface area contributed by atoms with Gasteiger partial charge in [0.1, 0.15) is 5.01 Å². The fourth-order valence-electron chi connectivity index (χ4n) is 2.85. The number of non-ortho nitro benzene ring substituents is 1. The molecule has 0 aliphatic rings. The number of hydrogen-bond acceptors (Lipinski definition) is 5. The fourth-order valence-corrected chi connectivity index (χ4v) is 3.86. The molecule has 0 bridgehead atoms. The van der Waals surface area contributed by atoms with Crippen molar-refractivity contribution in [2.75, 3.05) is 5.32 Å². The van der Waals surface area contributed by atoms with Crippen molar-refractivity contribution in [3.05, 3.63) is 87.5 Å². The highest BCUT2D eigenvalue weighted by atomic mass is 32.1. The molecule has 11 heteroatoms. The van der Waals surface area contributed by atoms with Crippen LogP contribution in [0.4, 0.5) is 28.9 Å². The number of para-hydroxylation sites is 1. The van der Waals surface area contributed by atoms with E-state index in [4.69, 9.17) is 0 Å². The number of amides is 1. The molecule has 31 heavy (non-hydrogen) atoms. The van der Waals surface area contributed by atoms with E-state index >= 15 is 0 Å². The number of rotatable bonds is 4. The first kappa shape index (κ1) is 20.4. The summed E-state index contributed by atoms with van der Waals surface area (Å²) in [5, 5.41) is 13.8.